The largest absolute Gasteiger partial charge is 0.384 e. The average molecular weight is 542 g/mol. The Hall–Kier alpha value is -4.19. The van der Waals surface area contributed by atoms with Crippen molar-refractivity contribution < 1.29 is 14.7 Å². The van der Waals surface area contributed by atoms with Crippen LogP contribution in [0, 0.1) is 6.92 Å². The molecule has 4 aromatic heterocycles. The Morgan fingerprint density at radius 2 is 1.88 bits per heavy atom. The second kappa shape index (κ2) is 8.91. The van der Waals surface area contributed by atoms with Gasteiger partial charge in [0.25, 0.3) is 5.91 Å². The lowest BCUT2D eigenvalue weighted by Gasteiger charge is -2.38. The van der Waals surface area contributed by atoms with Crippen LogP contribution in [0.5, 0.6) is 0 Å². The van der Waals surface area contributed by atoms with E-state index in [0.717, 1.165) is 43.2 Å². The van der Waals surface area contributed by atoms with Crippen LogP contribution in [0.15, 0.2) is 24.5 Å². The molecule has 12 heteroatoms. The Bertz CT molecular complexity index is 1640. The number of amides is 1. The summed E-state index contributed by atoms with van der Waals surface area (Å²) < 4.78 is 1.52. The number of nitrogens with two attached hydrogens (primary N) is 1. The van der Waals surface area contributed by atoms with Crippen LogP contribution < -0.4 is 5.73 Å². The molecule has 12 nitrogen and oxygen atoms in total. The van der Waals surface area contributed by atoms with Crippen LogP contribution in [0.1, 0.15) is 96.0 Å². The maximum Gasteiger partial charge on any atom is 0.291 e. The Balaban J connectivity index is 1.25. The molecular formula is C28H31N9O3. The number of nitrogen functional groups attached to an aromatic ring is 1. The van der Waals surface area contributed by atoms with E-state index in [9.17, 15) is 14.7 Å². The van der Waals surface area contributed by atoms with Crippen molar-refractivity contribution in [1.29, 1.82) is 0 Å². The zero-order valence-electron chi connectivity index (χ0n) is 22.5. The third kappa shape index (κ3) is 3.73. The topological polar surface area (TPSA) is 168 Å². The number of aliphatic hydroxyl groups is 1. The molecule has 3 aliphatic rings. The van der Waals surface area contributed by atoms with E-state index >= 15 is 0 Å². The normalized spacial score (nSPS) is 23.4. The molecular weight excluding hydrogens is 510 g/mol. The Morgan fingerprint density at radius 3 is 2.45 bits per heavy atom. The van der Waals surface area contributed by atoms with E-state index in [1.807, 2.05) is 17.0 Å². The van der Waals surface area contributed by atoms with Crippen molar-refractivity contribution in [3.63, 3.8) is 0 Å². The summed E-state index contributed by atoms with van der Waals surface area (Å²) in [6.07, 6.45) is 8.97. The van der Waals surface area contributed by atoms with Crippen LogP contribution in [0.2, 0.25) is 0 Å². The third-order valence-electron chi connectivity index (χ3n) is 8.95. The fraction of sp³-hybridized carbons (Fsp3) is 0.464. The highest BCUT2D eigenvalue weighted by Crippen LogP contribution is 2.45. The molecule has 206 valence electrons. The number of pyridine rings is 1. The Morgan fingerprint density at radius 1 is 1.12 bits per heavy atom. The minimum absolute atomic E-state index is 0.0131. The summed E-state index contributed by atoms with van der Waals surface area (Å²) in [5.74, 6) is 0.706. The molecule has 2 bridgehead atoms. The second-order valence-electron chi connectivity index (χ2n) is 11.4. The second-order valence-corrected chi connectivity index (χ2v) is 11.4. The monoisotopic (exact) mass is 541 g/mol. The van der Waals surface area contributed by atoms with Gasteiger partial charge in [-0.3, -0.25) is 19.7 Å². The van der Waals surface area contributed by atoms with E-state index in [0.29, 0.717) is 41.3 Å². The summed E-state index contributed by atoms with van der Waals surface area (Å²) in [6, 6.07) is 3.80. The van der Waals surface area contributed by atoms with Gasteiger partial charge in [0.2, 0.25) is 5.82 Å². The van der Waals surface area contributed by atoms with Gasteiger partial charge in [-0.2, -0.15) is 14.7 Å². The molecule has 2 saturated heterocycles. The van der Waals surface area contributed by atoms with Gasteiger partial charge in [-0.15, -0.1) is 0 Å². The highest BCUT2D eigenvalue weighted by Gasteiger charge is 2.46. The van der Waals surface area contributed by atoms with Gasteiger partial charge < -0.3 is 15.7 Å². The number of rotatable bonds is 5. The van der Waals surface area contributed by atoms with Gasteiger partial charge >= 0.3 is 0 Å². The van der Waals surface area contributed by atoms with Crippen LogP contribution >= 0.6 is 0 Å². The predicted octanol–water partition coefficient (Wildman–Crippen LogP) is 2.92. The summed E-state index contributed by atoms with van der Waals surface area (Å²) in [4.78, 5) is 41.9. The number of aromatic nitrogens is 7. The van der Waals surface area contributed by atoms with E-state index in [4.69, 9.17) is 10.7 Å². The standard InChI is InChI=1S/C28H31N9O3/c1-14(38)22-23(17-10-18-5-6-19(11-17)36(18)27(39)25-32-15(2)34-35-25)33-26-20(13-31-37(26)24(22)29)16-4-7-21(30-12-16)28(40)8-3-9-28/h4,7,12-13,17-19,40H,3,5-6,8-11,29H2,1-2H3,(H,32,34,35)/t17-,18+,19-. The predicted molar refractivity (Wildman–Crippen MR) is 144 cm³/mol. The molecule has 7 rings (SSSR count). The van der Waals surface area contributed by atoms with Crippen LogP contribution in [0.25, 0.3) is 16.8 Å². The van der Waals surface area contributed by atoms with Crippen LogP contribution in [-0.2, 0) is 5.60 Å². The summed E-state index contributed by atoms with van der Waals surface area (Å²) in [7, 11) is 0. The lowest BCUT2D eigenvalue weighted by molar-refractivity contribution is -0.0426. The van der Waals surface area contributed by atoms with Gasteiger partial charge in [-0.25, -0.2) is 9.97 Å². The average Bonchev–Trinajstić information content (AvgIpc) is 3.62. The molecule has 3 atom stereocenters. The van der Waals surface area contributed by atoms with Gasteiger partial charge in [0, 0.05) is 35.3 Å². The number of aryl methyl sites for hydroxylation is 1. The number of Topliss-reactive ketones (excluding diaryl/α,β-unsaturated/α-hetero) is 1. The summed E-state index contributed by atoms with van der Waals surface area (Å²) >= 11 is 0. The number of carbonyl (C=O) groups excluding carboxylic acids is 2. The number of anilines is 1. The van der Waals surface area contributed by atoms with Gasteiger partial charge in [-0.05, 0) is 64.9 Å². The molecule has 0 spiro atoms. The maximum atomic E-state index is 13.3. The molecule has 40 heavy (non-hydrogen) atoms. The Kier molecular flexibility index (Phi) is 5.53. The van der Waals surface area contributed by atoms with Crippen LogP contribution in [0.3, 0.4) is 0 Å². The van der Waals surface area contributed by atoms with Crippen LogP contribution in [0.4, 0.5) is 5.82 Å². The highest BCUT2D eigenvalue weighted by atomic mass is 16.3. The molecule has 0 radical (unpaired) electrons. The SMILES string of the molecule is CC(=O)c1c([C@H]2C[C@H]3CC[C@@H](C2)N3C(=O)c2nc(C)n[nH]2)nc2c(-c3ccc(C4(O)CCC4)nc3)cnn2c1N. The number of piperidine rings is 1. The lowest BCUT2D eigenvalue weighted by atomic mass is 9.77. The summed E-state index contributed by atoms with van der Waals surface area (Å²) in [6.45, 7) is 3.25. The van der Waals surface area contributed by atoms with Crippen molar-refractivity contribution in [2.24, 2.45) is 0 Å². The van der Waals surface area contributed by atoms with E-state index in [1.54, 1.807) is 19.3 Å². The van der Waals surface area contributed by atoms with Crippen LogP contribution in [-0.4, -0.2) is 68.5 Å². The number of hydrogen-bond donors (Lipinski definition) is 3. The first-order chi connectivity index (χ1) is 19.2. The third-order valence-corrected chi connectivity index (χ3v) is 8.95. The minimum Gasteiger partial charge on any atom is -0.384 e. The van der Waals surface area contributed by atoms with Crippen molar-refractivity contribution in [2.45, 2.75) is 82.4 Å². The fourth-order valence-corrected chi connectivity index (χ4v) is 6.78. The zero-order valence-corrected chi connectivity index (χ0v) is 22.5. The number of fused-ring (bicyclic) bond motifs is 3. The molecule has 0 unspecified atom stereocenters. The smallest absolute Gasteiger partial charge is 0.291 e. The van der Waals surface area contributed by atoms with Crippen molar-refractivity contribution in [3.8, 4) is 11.1 Å². The number of nitrogens with zero attached hydrogens (tertiary/aromatic N) is 7. The Labute approximate surface area is 230 Å². The molecule has 3 fully saturated rings. The van der Waals surface area contributed by atoms with Crippen molar-refractivity contribution in [2.75, 3.05) is 5.73 Å². The lowest BCUT2D eigenvalue weighted by Crippen LogP contribution is -2.46. The minimum atomic E-state index is -0.840. The first kappa shape index (κ1) is 24.8. The molecule has 0 aromatic carbocycles. The molecule has 1 amide bonds. The number of carbonyl (C=O) groups is 2. The summed E-state index contributed by atoms with van der Waals surface area (Å²) in [5, 5.41) is 21.9. The molecule has 2 aliphatic heterocycles. The maximum absolute atomic E-state index is 13.3. The van der Waals surface area contributed by atoms with Crippen molar-refractivity contribution in [1.82, 2.24) is 39.7 Å². The van der Waals surface area contributed by atoms with E-state index < -0.39 is 5.60 Å². The number of nitrogens with one attached hydrogen (secondary N) is 1. The molecule has 4 aromatic rings. The first-order valence-electron chi connectivity index (χ1n) is 13.8. The van der Waals surface area contributed by atoms with Crippen molar-refractivity contribution in [3.05, 3.63) is 53.1 Å². The van der Waals surface area contributed by atoms with Gasteiger partial charge in [-0.1, -0.05) is 6.07 Å². The van der Waals surface area contributed by atoms with Gasteiger partial charge in [0.1, 0.15) is 17.2 Å². The van der Waals surface area contributed by atoms with Crippen molar-refractivity contribution >= 4 is 23.2 Å². The number of aromatic amines is 1. The molecule has 4 N–H and O–H groups in total. The molecule has 1 aliphatic carbocycles. The number of H-pyrrole nitrogens is 1. The van der Waals surface area contributed by atoms with E-state index in [-0.39, 0.29) is 41.3 Å². The van der Waals surface area contributed by atoms with Gasteiger partial charge in [0.15, 0.2) is 11.4 Å². The highest BCUT2D eigenvalue weighted by molar-refractivity contribution is 6.00. The first-order valence-corrected chi connectivity index (χ1v) is 13.8. The van der Waals surface area contributed by atoms with E-state index in [2.05, 4.69) is 25.3 Å². The molecule has 6 heterocycles. The van der Waals surface area contributed by atoms with E-state index in [1.165, 1.54) is 11.4 Å². The quantitative estimate of drug-likeness (QED) is 0.322. The number of ketones is 1. The molecule has 1 saturated carbocycles. The van der Waals surface area contributed by atoms with Gasteiger partial charge in [0.05, 0.1) is 23.1 Å². The number of hydrogen-bond acceptors (Lipinski definition) is 9. The fourth-order valence-electron chi connectivity index (χ4n) is 6.78. The zero-order chi connectivity index (χ0) is 27.8. The summed E-state index contributed by atoms with van der Waals surface area (Å²) in [5.41, 5.74) is 9.55.